The third-order valence-electron chi connectivity index (χ3n) is 3.26. The van der Waals surface area contributed by atoms with Crippen molar-refractivity contribution in [1.82, 2.24) is 4.31 Å². The van der Waals surface area contributed by atoms with Gasteiger partial charge in [0.1, 0.15) is 0 Å². The monoisotopic (exact) mass is 318 g/mol. The highest BCUT2D eigenvalue weighted by molar-refractivity contribution is 7.89. The SMILES string of the molecule is NC(=O)c1cc(S(=O)(=O)N2CCC(C(=O)O)CC2)cs1. The van der Waals surface area contributed by atoms with E-state index >= 15 is 0 Å². The Kier molecular flexibility index (Phi) is 4.11. The van der Waals surface area contributed by atoms with Crippen LogP contribution in [-0.4, -0.2) is 42.8 Å². The highest BCUT2D eigenvalue weighted by Gasteiger charge is 2.32. The molecule has 0 aromatic carbocycles. The number of thiophene rings is 1. The summed E-state index contributed by atoms with van der Waals surface area (Å²) in [6.07, 6.45) is 0.586. The molecule has 0 radical (unpaired) electrons. The summed E-state index contributed by atoms with van der Waals surface area (Å²) in [4.78, 5) is 22.1. The van der Waals surface area contributed by atoms with E-state index in [4.69, 9.17) is 10.8 Å². The van der Waals surface area contributed by atoms with E-state index in [2.05, 4.69) is 0 Å². The van der Waals surface area contributed by atoms with Gasteiger partial charge in [0.25, 0.3) is 5.91 Å². The predicted molar refractivity (Wildman–Crippen MR) is 72.0 cm³/mol. The molecule has 0 spiro atoms. The second kappa shape index (κ2) is 5.51. The maximum Gasteiger partial charge on any atom is 0.306 e. The minimum atomic E-state index is -3.68. The maximum atomic E-state index is 12.3. The maximum absolute atomic E-state index is 12.3. The molecular formula is C11H14N2O5S2. The molecule has 1 fully saturated rings. The minimum Gasteiger partial charge on any atom is -0.481 e. The number of hydrogen-bond acceptors (Lipinski definition) is 5. The lowest BCUT2D eigenvalue weighted by Crippen LogP contribution is -2.40. The molecular weight excluding hydrogens is 304 g/mol. The van der Waals surface area contributed by atoms with Crippen molar-refractivity contribution in [2.24, 2.45) is 11.7 Å². The molecule has 1 amide bonds. The standard InChI is InChI=1S/C11H14N2O5S2/c12-10(14)9-5-8(6-19-9)20(17,18)13-3-1-7(2-4-13)11(15)16/h5-7H,1-4H2,(H2,12,14)(H,15,16). The molecule has 1 aliphatic rings. The fraction of sp³-hybridized carbons (Fsp3) is 0.455. The lowest BCUT2D eigenvalue weighted by atomic mass is 9.99. The van der Waals surface area contributed by atoms with Crippen LogP contribution in [-0.2, 0) is 14.8 Å². The Morgan fingerprint density at radius 3 is 2.40 bits per heavy atom. The first kappa shape index (κ1) is 14.9. The second-order valence-corrected chi connectivity index (χ2v) is 7.38. The average Bonchev–Trinajstić information content (AvgIpc) is 2.89. The van der Waals surface area contributed by atoms with Crippen LogP contribution in [0.5, 0.6) is 0 Å². The molecule has 0 atom stereocenters. The van der Waals surface area contributed by atoms with Crippen molar-refractivity contribution in [3.8, 4) is 0 Å². The summed E-state index contributed by atoms with van der Waals surface area (Å²) in [5, 5.41) is 10.3. The number of carbonyl (C=O) groups is 2. The van der Waals surface area contributed by atoms with Crippen molar-refractivity contribution in [3.63, 3.8) is 0 Å². The van der Waals surface area contributed by atoms with Gasteiger partial charge in [0.2, 0.25) is 10.0 Å². The van der Waals surface area contributed by atoms with Crippen molar-refractivity contribution in [2.45, 2.75) is 17.7 Å². The van der Waals surface area contributed by atoms with Gasteiger partial charge in [0.05, 0.1) is 15.7 Å². The normalized spacial score (nSPS) is 18.0. The first-order valence-corrected chi connectivity index (χ1v) is 8.25. The fourth-order valence-corrected chi connectivity index (χ4v) is 4.66. The molecule has 0 unspecified atom stereocenters. The molecule has 2 heterocycles. The number of hydrogen-bond donors (Lipinski definition) is 2. The fourth-order valence-electron chi connectivity index (χ4n) is 2.08. The molecule has 1 aromatic heterocycles. The largest absolute Gasteiger partial charge is 0.481 e. The summed E-state index contributed by atoms with van der Waals surface area (Å²) in [6, 6.07) is 1.26. The van der Waals surface area contributed by atoms with Crippen molar-refractivity contribution < 1.29 is 23.1 Å². The molecule has 1 aliphatic heterocycles. The van der Waals surface area contributed by atoms with Gasteiger partial charge in [0.15, 0.2) is 0 Å². The lowest BCUT2D eigenvalue weighted by Gasteiger charge is -2.28. The lowest BCUT2D eigenvalue weighted by molar-refractivity contribution is -0.142. The zero-order valence-corrected chi connectivity index (χ0v) is 12.1. The summed E-state index contributed by atoms with van der Waals surface area (Å²) < 4.78 is 25.9. The zero-order valence-electron chi connectivity index (χ0n) is 10.5. The van der Waals surface area contributed by atoms with E-state index < -0.39 is 27.8 Å². The van der Waals surface area contributed by atoms with Gasteiger partial charge in [-0.1, -0.05) is 0 Å². The summed E-state index contributed by atoms with van der Waals surface area (Å²) in [5.41, 5.74) is 5.10. The number of carbonyl (C=O) groups excluding carboxylic acids is 1. The number of nitrogens with two attached hydrogens (primary N) is 1. The van der Waals surface area contributed by atoms with Crippen LogP contribution in [0.1, 0.15) is 22.5 Å². The van der Waals surface area contributed by atoms with E-state index in [9.17, 15) is 18.0 Å². The number of carboxylic acids is 1. The Labute approximate surface area is 120 Å². The Morgan fingerprint density at radius 1 is 1.35 bits per heavy atom. The van der Waals surface area contributed by atoms with Crippen LogP contribution >= 0.6 is 11.3 Å². The summed E-state index contributed by atoms with van der Waals surface area (Å²) in [7, 11) is -3.68. The number of nitrogens with zero attached hydrogens (tertiary/aromatic N) is 1. The van der Waals surface area contributed by atoms with Gasteiger partial charge in [-0.05, 0) is 18.9 Å². The van der Waals surface area contributed by atoms with E-state index in [0.717, 1.165) is 11.3 Å². The second-order valence-electron chi connectivity index (χ2n) is 4.53. The molecule has 0 saturated carbocycles. The van der Waals surface area contributed by atoms with Crippen LogP contribution < -0.4 is 5.73 Å². The van der Waals surface area contributed by atoms with E-state index in [1.165, 1.54) is 15.8 Å². The van der Waals surface area contributed by atoms with Gasteiger partial charge in [-0.25, -0.2) is 8.42 Å². The smallest absolute Gasteiger partial charge is 0.306 e. The van der Waals surface area contributed by atoms with E-state index in [1.54, 1.807) is 0 Å². The predicted octanol–water partition coefficient (Wildman–Crippen LogP) is 0.332. The molecule has 3 N–H and O–H groups in total. The summed E-state index contributed by atoms with van der Waals surface area (Å²) >= 11 is 0.979. The van der Waals surface area contributed by atoms with Gasteiger partial charge in [-0.2, -0.15) is 4.31 Å². The highest BCUT2D eigenvalue weighted by Crippen LogP contribution is 2.26. The number of primary amides is 1. The third kappa shape index (κ3) is 2.84. The third-order valence-corrected chi connectivity index (χ3v) is 6.23. The van der Waals surface area contributed by atoms with E-state index in [0.29, 0.717) is 12.8 Å². The zero-order chi connectivity index (χ0) is 14.9. The molecule has 0 aliphatic carbocycles. The molecule has 7 nitrogen and oxygen atoms in total. The first-order valence-electron chi connectivity index (χ1n) is 5.93. The summed E-state index contributed by atoms with van der Waals surface area (Å²) in [6.45, 7) is 0.335. The van der Waals surface area contributed by atoms with Gasteiger partial charge >= 0.3 is 5.97 Å². The summed E-state index contributed by atoms with van der Waals surface area (Å²) in [5.74, 6) is -2.06. The molecule has 9 heteroatoms. The van der Waals surface area contributed by atoms with E-state index in [-0.39, 0.29) is 22.9 Å². The van der Waals surface area contributed by atoms with Crippen molar-refractivity contribution in [2.75, 3.05) is 13.1 Å². The highest BCUT2D eigenvalue weighted by atomic mass is 32.2. The molecule has 1 saturated heterocycles. The van der Waals surface area contributed by atoms with Crippen LogP contribution in [0.2, 0.25) is 0 Å². The van der Waals surface area contributed by atoms with Crippen LogP contribution in [0.15, 0.2) is 16.3 Å². The number of sulfonamides is 1. The van der Waals surface area contributed by atoms with Crippen molar-refractivity contribution in [1.29, 1.82) is 0 Å². The van der Waals surface area contributed by atoms with Crippen LogP contribution in [0.4, 0.5) is 0 Å². The minimum absolute atomic E-state index is 0.0325. The van der Waals surface area contributed by atoms with Crippen molar-refractivity contribution in [3.05, 3.63) is 16.3 Å². The number of rotatable bonds is 4. The first-order chi connectivity index (χ1) is 9.32. The van der Waals surface area contributed by atoms with Gasteiger partial charge in [0, 0.05) is 18.5 Å². The quantitative estimate of drug-likeness (QED) is 0.829. The van der Waals surface area contributed by atoms with Gasteiger partial charge in [-0.15, -0.1) is 11.3 Å². The Hall–Kier alpha value is -1.45. The Balaban J connectivity index is 2.15. The molecule has 2 rings (SSSR count). The van der Waals surface area contributed by atoms with E-state index in [1.807, 2.05) is 0 Å². The number of carboxylic acid groups (broad SMARTS) is 1. The van der Waals surface area contributed by atoms with Gasteiger partial charge in [-0.3, -0.25) is 9.59 Å². The van der Waals surface area contributed by atoms with Gasteiger partial charge < -0.3 is 10.8 Å². The average molecular weight is 318 g/mol. The van der Waals surface area contributed by atoms with Crippen LogP contribution in [0.25, 0.3) is 0 Å². The molecule has 0 bridgehead atoms. The van der Waals surface area contributed by atoms with Crippen LogP contribution in [0, 0.1) is 5.92 Å². The Bertz CT molecular complexity index is 629. The van der Waals surface area contributed by atoms with Crippen molar-refractivity contribution >= 4 is 33.2 Å². The number of piperidine rings is 1. The number of aliphatic carboxylic acids is 1. The molecule has 1 aromatic rings. The van der Waals surface area contributed by atoms with Crippen LogP contribution in [0.3, 0.4) is 0 Å². The Morgan fingerprint density at radius 2 is 1.95 bits per heavy atom. The molecule has 20 heavy (non-hydrogen) atoms. The topological polar surface area (TPSA) is 118 Å². The number of amides is 1. The molecule has 110 valence electrons.